The lowest BCUT2D eigenvalue weighted by molar-refractivity contribution is -0.385. The molecule has 1 unspecified atom stereocenters. The summed E-state index contributed by atoms with van der Waals surface area (Å²) in [6.07, 6.45) is 0.625. The lowest BCUT2D eigenvalue weighted by Crippen LogP contribution is -2.42. The van der Waals surface area contributed by atoms with Crippen molar-refractivity contribution < 1.29 is 28.7 Å². The maximum absolute atomic E-state index is 12.0. The minimum atomic E-state index is -0.946. The van der Waals surface area contributed by atoms with Crippen molar-refractivity contribution >= 4 is 17.6 Å². The van der Waals surface area contributed by atoms with Crippen molar-refractivity contribution in [2.75, 3.05) is 13.7 Å². The van der Waals surface area contributed by atoms with Crippen LogP contribution in [0.5, 0.6) is 11.5 Å². The largest absolute Gasteiger partial charge is 0.490 e. The second-order valence-electron chi connectivity index (χ2n) is 5.53. The Labute approximate surface area is 151 Å². The number of rotatable bonds is 10. The van der Waals surface area contributed by atoms with Crippen molar-refractivity contribution in [1.29, 1.82) is 0 Å². The summed E-state index contributed by atoms with van der Waals surface area (Å²) in [6, 6.07) is 3.89. The Morgan fingerprint density at radius 3 is 2.46 bits per heavy atom. The quantitative estimate of drug-likeness (QED) is 0.382. The van der Waals surface area contributed by atoms with E-state index in [9.17, 15) is 19.7 Å². The van der Waals surface area contributed by atoms with Crippen molar-refractivity contribution in [2.24, 2.45) is 0 Å². The maximum Gasteiger partial charge on any atom is 0.344 e. The van der Waals surface area contributed by atoms with E-state index in [4.69, 9.17) is 14.2 Å². The van der Waals surface area contributed by atoms with E-state index in [0.29, 0.717) is 0 Å². The van der Waals surface area contributed by atoms with Crippen LogP contribution in [0.25, 0.3) is 0 Å². The highest BCUT2D eigenvalue weighted by Crippen LogP contribution is 2.30. The van der Waals surface area contributed by atoms with E-state index in [-0.39, 0.29) is 29.1 Å². The van der Waals surface area contributed by atoms with Gasteiger partial charge in [0.1, 0.15) is 5.75 Å². The number of amides is 1. The molecular formula is C17H24N2O7. The molecule has 0 aliphatic rings. The number of nitrogens with zero attached hydrogens (tertiary/aromatic N) is 1. The van der Waals surface area contributed by atoms with Crippen LogP contribution in [0.3, 0.4) is 0 Å². The molecular weight excluding hydrogens is 344 g/mol. The lowest BCUT2D eigenvalue weighted by Gasteiger charge is -2.18. The van der Waals surface area contributed by atoms with E-state index in [2.05, 4.69) is 5.32 Å². The van der Waals surface area contributed by atoms with Gasteiger partial charge in [-0.1, -0.05) is 13.8 Å². The topological polar surface area (TPSA) is 117 Å². The third-order valence-corrected chi connectivity index (χ3v) is 3.71. The molecule has 9 heteroatoms. The highest BCUT2D eigenvalue weighted by molar-refractivity contribution is 5.83. The van der Waals surface area contributed by atoms with E-state index in [1.54, 1.807) is 0 Å². The van der Waals surface area contributed by atoms with Crippen LogP contribution in [0, 0.1) is 10.1 Å². The van der Waals surface area contributed by atoms with Gasteiger partial charge in [0.2, 0.25) is 5.75 Å². The van der Waals surface area contributed by atoms with Crippen LogP contribution in [0.1, 0.15) is 33.6 Å². The van der Waals surface area contributed by atoms with E-state index >= 15 is 0 Å². The van der Waals surface area contributed by atoms with Gasteiger partial charge in [-0.3, -0.25) is 14.9 Å². The standard InChI is InChI=1S/C17H24N2O7/c1-5-12(6-2)18-17(21)11(3)26-16(20)10-25-13-7-8-14(19(22)23)15(9-13)24-4/h7-9,11-12H,5-6,10H2,1-4H3,(H,18,21). The second-order valence-corrected chi connectivity index (χ2v) is 5.53. The summed E-state index contributed by atoms with van der Waals surface area (Å²) in [5.74, 6) is -0.879. The molecule has 144 valence electrons. The third kappa shape index (κ3) is 6.23. The predicted octanol–water partition coefficient (Wildman–Crippen LogP) is 2.22. The Bertz CT molecular complexity index is 644. The Balaban J connectivity index is 2.56. The van der Waals surface area contributed by atoms with E-state index in [0.717, 1.165) is 12.8 Å². The zero-order valence-electron chi connectivity index (χ0n) is 15.3. The molecule has 0 spiro atoms. The highest BCUT2D eigenvalue weighted by atomic mass is 16.6. The first-order valence-corrected chi connectivity index (χ1v) is 8.27. The number of benzene rings is 1. The fourth-order valence-corrected chi connectivity index (χ4v) is 2.14. The molecule has 0 aromatic heterocycles. The SMILES string of the molecule is CCC(CC)NC(=O)C(C)OC(=O)COc1ccc([N+](=O)[O-])c(OC)c1. The Morgan fingerprint density at radius 2 is 1.92 bits per heavy atom. The monoisotopic (exact) mass is 368 g/mol. The van der Waals surface area contributed by atoms with Crippen LogP contribution in [0.4, 0.5) is 5.69 Å². The molecule has 1 rings (SSSR count). The van der Waals surface area contributed by atoms with Gasteiger partial charge in [-0.25, -0.2) is 4.79 Å². The first-order chi connectivity index (χ1) is 12.3. The second kappa shape index (κ2) is 10.2. The van der Waals surface area contributed by atoms with Gasteiger partial charge in [-0.15, -0.1) is 0 Å². The van der Waals surface area contributed by atoms with Gasteiger partial charge in [-0.2, -0.15) is 0 Å². The number of hydrogen-bond acceptors (Lipinski definition) is 7. The van der Waals surface area contributed by atoms with Crippen molar-refractivity contribution in [3.63, 3.8) is 0 Å². The molecule has 0 aliphatic carbocycles. The molecule has 1 amide bonds. The van der Waals surface area contributed by atoms with Crippen LogP contribution in [0.2, 0.25) is 0 Å². The van der Waals surface area contributed by atoms with E-state index in [1.807, 2.05) is 13.8 Å². The first-order valence-electron chi connectivity index (χ1n) is 8.27. The molecule has 1 atom stereocenters. The van der Waals surface area contributed by atoms with E-state index in [1.165, 1.54) is 32.2 Å². The number of carbonyl (C=O) groups is 2. The number of nitro groups is 1. The highest BCUT2D eigenvalue weighted by Gasteiger charge is 2.20. The molecule has 0 radical (unpaired) electrons. The van der Waals surface area contributed by atoms with Crippen molar-refractivity contribution in [3.8, 4) is 11.5 Å². The van der Waals surface area contributed by atoms with Crippen LogP contribution in [0.15, 0.2) is 18.2 Å². The summed E-state index contributed by atoms with van der Waals surface area (Å²) in [6.45, 7) is 4.95. The summed E-state index contributed by atoms with van der Waals surface area (Å²) in [4.78, 5) is 34.0. The number of methoxy groups -OCH3 is 1. The molecule has 0 heterocycles. The summed E-state index contributed by atoms with van der Waals surface area (Å²) in [5, 5.41) is 13.6. The van der Waals surface area contributed by atoms with Gasteiger partial charge in [-0.05, 0) is 25.8 Å². The molecule has 1 N–H and O–H groups in total. The fraction of sp³-hybridized carbons (Fsp3) is 0.529. The zero-order chi connectivity index (χ0) is 19.7. The summed E-state index contributed by atoms with van der Waals surface area (Å²) in [5.41, 5.74) is -0.214. The summed E-state index contributed by atoms with van der Waals surface area (Å²) in [7, 11) is 1.29. The lowest BCUT2D eigenvalue weighted by atomic mass is 10.1. The van der Waals surface area contributed by atoms with Gasteiger partial charge < -0.3 is 19.5 Å². The molecule has 1 aromatic rings. The normalized spacial score (nSPS) is 11.6. The Hall–Kier alpha value is -2.84. The average Bonchev–Trinajstić information content (AvgIpc) is 2.63. The first kappa shape index (κ1) is 21.2. The molecule has 0 aliphatic heterocycles. The molecule has 1 aromatic carbocycles. The number of ether oxygens (including phenoxy) is 3. The Morgan fingerprint density at radius 1 is 1.27 bits per heavy atom. The minimum absolute atomic E-state index is 0.0128. The van der Waals surface area contributed by atoms with Crippen molar-refractivity contribution in [1.82, 2.24) is 5.32 Å². The molecule has 0 saturated heterocycles. The molecule has 0 bridgehead atoms. The number of esters is 1. The van der Waals surface area contributed by atoms with Crippen molar-refractivity contribution in [3.05, 3.63) is 28.3 Å². The maximum atomic E-state index is 12.0. The van der Waals surface area contributed by atoms with Gasteiger partial charge in [0.15, 0.2) is 12.7 Å². The van der Waals surface area contributed by atoms with Crippen LogP contribution in [-0.4, -0.2) is 42.7 Å². The van der Waals surface area contributed by atoms with Gasteiger partial charge in [0, 0.05) is 18.2 Å². The molecule has 0 fully saturated rings. The van der Waals surface area contributed by atoms with Gasteiger partial charge in [0.25, 0.3) is 5.91 Å². The van der Waals surface area contributed by atoms with Crippen LogP contribution >= 0.6 is 0 Å². The number of nitrogens with one attached hydrogen (secondary N) is 1. The third-order valence-electron chi connectivity index (χ3n) is 3.71. The van der Waals surface area contributed by atoms with E-state index < -0.39 is 23.6 Å². The molecule has 9 nitrogen and oxygen atoms in total. The fourth-order valence-electron chi connectivity index (χ4n) is 2.14. The molecule has 0 saturated carbocycles. The number of hydrogen-bond donors (Lipinski definition) is 1. The zero-order valence-corrected chi connectivity index (χ0v) is 15.3. The minimum Gasteiger partial charge on any atom is -0.490 e. The number of nitro benzene ring substituents is 1. The average molecular weight is 368 g/mol. The van der Waals surface area contributed by atoms with Crippen molar-refractivity contribution in [2.45, 2.75) is 45.8 Å². The smallest absolute Gasteiger partial charge is 0.344 e. The van der Waals surface area contributed by atoms with Crippen LogP contribution < -0.4 is 14.8 Å². The van der Waals surface area contributed by atoms with Crippen LogP contribution in [-0.2, 0) is 14.3 Å². The number of carbonyl (C=O) groups excluding carboxylic acids is 2. The Kier molecular flexibility index (Phi) is 8.33. The summed E-state index contributed by atoms with van der Waals surface area (Å²) < 4.78 is 15.2. The van der Waals surface area contributed by atoms with Gasteiger partial charge in [0.05, 0.1) is 12.0 Å². The summed E-state index contributed by atoms with van der Waals surface area (Å²) >= 11 is 0. The molecule has 26 heavy (non-hydrogen) atoms. The van der Waals surface area contributed by atoms with Gasteiger partial charge >= 0.3 is 11.7 Å². The predicted molar refractivity (Wildman–Crippen MR) is 93.2 cm³/mol.